The van der Waals surface area contributed by atoms with Gasteiger partial charge in [0.2, 0.25) is 0 Å². The van der Waals surface area contributed by atoms with Gasteiger partial charge in [0, 0.05) is 11.3 Å². The fraction of sp³-hybridized carbons (Fsp3) is 0. The molecule has 2 N–H and O–H groups in total. The molecule has 0 saturated heterocycles. The third-order valence-corrected chi connectivity index (χ3v) is 3.81. The quantitative estimate of drug-likeness (QED) is 0.352. The van der Waals surface area contributed by atoms with Crippen LogP contribution in [0.4, 0.5) is 5.69 Å². The molecule has 0 radical (unpaired) electrons. The fourth-order valence-electron chi connectivity index (χ4n) is 1.50. The van der Waals surface area contributed by atoms with Gasteiger partial charge in [-0.25, -0.2) is 0 Å². The van der Waals surface area contributed by atoms with Gasteiger partial charge in [0.25, 0.3) is 0 Å². The average molecular weight is 359 g/mol. The molecule has 0 spiro atoms. The first-order chi connectivity index (χ1) is 10.1. The summed E-state index contributed by atoms with van der Waals surface area (Å²) < 4.78 is 0. The molecule has 0 amide bonds. The lowest BCUT2D eigenvalue weighted by Gasteiger charge is -2.07. The summed E-state index contributed by atoms with van der Waals surface area (Å²) in [6.07, 6.45) is 1.47. The van der Waals surface area contributed by atoms with Crippen molar-refractivity contribution in [2.24, 2.45) is 5.10 Å². The SMILES string of the molecule is S=C(N/N=C\c1c(Cl)ccc(Cl)c1Cl)Nc1ccccc1. The molecule has 0 fully saturated rings. The van der Waals surface area contributed by atoms with Crippen LogP contribution < -0.4 is 10.7 Å². The Labute approximate surface area is 142 Å². The van der Waals surface area contributed by atoms with Gasteiger partial charge in [-0.15, -0.1) is 0 Å². The fourth-order valence-corrected chi connectivity index (χ4v) is 2.30. The molecular weight excluding hydrogens is 349 g/mol. The number of anilines is 1. The van der Waals surface area contributed by atoms with Crippen molar-refractivity contribution < 1.29 is 0 Å². The Hall–Kier alpha value is -1.33. The van der Waals surface area contributed by atoms with Crippen molar-refractivity contribution >= 4 is 64.0 Å². The minimum absolute atomic E-state index is 0.344. The summed E-state index contributed by atoms with van der Waals surface area (Å²) in [5.74, 6) is 0. The summed E-state index contributed by atoms with van der Waals surface area (Å²) >= 11 is 23.1. The number of nitrogens with zero attached hydrogens (tertiary/aromatic N) is 1. The van der Waals surface area contributed by atoms with Crippen LogP contribution in [0.15, 0.2) is 47.6 Å². The molecule has 0 aromatic heterocycles. The lowest BCUT2D eigenvalue weighted by molar-refractivity contribution is 1.05. The molecule has 2 aromatic rings. The number of hydrogen-bond acceptors (Lipinski definition) is 2. The van der Waals surface area contributed by atoms with E-state index >= 15 is 0 Å². The minimum atomic E-state index is 0.344. The van der Waals surface area contributed by atoms with E-state index in [9.17, 15) is 0 Å². The lowest BCUT2D eigenvalue weighted by Crippen LogP contribution is -2.23. The molecule has 108 valence electrons. The summed E-state index contributed by atoms with van der Waals surface area (Å²) in [5.41, 5.74) is 4.08. The van der Waals surface area contributed by atoms with Crippen molar-refractivity contribution in [2.45, 2.75) is 0 Å². The highest BCUT2D eigenvalue weighted by Crippen LogP contribution is 2.29. The molecule has 0 aliphatic carbocycles. The Bertz CT molecular complexity index is 675. The predicted octanol–water partition coefficient (Wildman–Crippen LogP) is 4.97. The maximum Gasteiger partial charge on any atom is 0.191 e. The standard InChI is InChI=1S/C14H10Cl3N3S/c15-11-6-7-12(16)13(17)10(11)8-18-20-14(21)19-9-4-2-1-3-5-9/h1-8H,(H2,19,20,21)/b18-8-. The van der Waals surface area contributed by atoms with E-state index < -0.39 is 0 Å². The van der Waals surface area contributed by atoms with Crippen LogP contribution in [-0.2, 0) is 0 Å². The second kappa shape index (κ2) is 7.61. The van der Waals surface area contributed by atoms with Gasteiger partial charge in [0.15, 0.2) is 5.11 Å². The van der Waals surface area contributed by atoms with Crippen LogP contribution in [0.2, 0.25) is 15.1 Å². The highest BCUT2D eigenvalue weighted by molar-refractivity contribution is 7.80. The molecule has 0 bridgehead atoms. The summed E-state index contributed by atoms with van der Waals surface area (Å²) in [5, 5.41) is 8.54. The lowest BCUT2D eigenvalue weighted by atomic mass is 10.2. The van der Waals surface area contributed by atoms with Crippen molar-refractivity contribution in [2.75, 3.05) is 5.32 Å². The molecule has 0 heterocycles. The molecule has 7 heteroatoms. The zero-order valence-corrected chi connectivity index (χ0v) is 13.7. The number of halogens is 3. The van der Waals surface area contributed by atoms with Crippen molar-refractivity contribution in [1.29, 1.82) is 0 Å². The normalized spacial score (nSPS) is 10.6. The first kappa shape index (κ1) is 16.0. The van der Waals surface area contributed by atoms with Gasteiger partial charge in [-0.2, -0.15) is 5.10 Å². The molecule has 0 atom stereocenters. The number of benzene rings is 2. The molecule has 2 rings (SSSR count). The van der Waals surface area contributed by atoms with Crippen LogP contribution in [0.1, 0.15) is 5.56 Å². The maximum atomic E-state index is 6.06. The Kier molecular flexibility index (Phi) is 5.82. The van der Waals surface area contributed by atoms with E-state index in [1.54, 1.807) is 12.1 Å². The van der Waals surface area contributed by atoms with Crippen molar-refractivity contribution in [3.8, 4) is 0 Å². The molecule has 0 aliphatic rings. The zero-order valence-electron chi connectivity index (χ0n) is 10.6. The van der Waals surface area contributed by atoms with E-state index in [2.05, 4.69) is 15.8 Å². The van der Waals surface area contributed by atoms with E-state index in [1.807, 2.05) is 30.3 Å². The summed E-state index contributed by atoms with van der Waals surface area (Å²) in [4.78, 5) is 0. The summed E-state index contributed by atoms with van der Waals surface area (Å²) in [6, 6.07) is 12.8. The highest BCUT2D eigenvalue weighted by atomic mass is 35.5. The Morgan fingerprint density at radius 1 is 1.00 bits per heavy atom. The molecule has 0 saturated carbocycles. The van der Waals surface area contributed by atoms with Gasteiger partial charge in [-0.3, -0.25) is 5.43 Å². The van der Waals surface area contributed by atoms with E-state index in [0.717, 1.165) is 5.69 Å². The van der Waals surface area contributed by atoms with Crippen LogP contribution >= 0.6 is 47.0 Å². The van der Waals surface area contributed by atoms with Crippen LogP contribution in [0, 0.1) is 0 Å². The zero-order chi connectivity index (χ0) is 15.2. The van der Waals surface area contributed by atoms with Gasteiger partial charge in [0.05, 0.1) is 21.3 Å². The Morgan fingerprint density at radius 2 is 1.67 bits per heavy atom. The third-order valence-electron chi connectivity index (χ3n) is 2.47. The number of para-hydroxylation sites is 1. The topological polar surface area (TPSA) is 36.4 Å². The van der Waals surface area contributed by atoms with E-state index in [-0.39, 0.29) is 0 Å². The molecule has 0 unspecified atom stereocenters. The van der Waals surface area contributed by atoms with E-state index in [1.165, 1.54) is 6.21 Å². The first-order valence-corrected chi connectivity index (χ1v) is 7.41. The van der Waals surface area contributed by atoms with Crippen molar-refractivity contribution in [1.82, 2.24) is 5.43 Å². The molecule has 2 aromatic carbocycles. The number of hydrogen-bond donors (Lipinski definition) is 2. The van der Waals surface area contributed by atoms with Gasteiger partial charge in [-0.05, 0) is 36.5 Å². The average Bonchev–Trinajstić information content (AvgIpc) is 2.48. The second-order valence-electron chi connectivity index (χ2n) is 3.95. The highest BCUT2D eigenvalue weighted by Gasteiger charge is 2.07. The van der Waals surface area contributed by atoms with E-state index in [0.29, 0.717) is 25.7 Å². The van der Waals surface area contributed by atoms with Gasteiger partial charge >= 0.3 is 0 Å². The monoisotopic (exact) mass is 357 g/mol. The second-order valence-corrected chi connectivity index (χ2v) is 5.55. The van der Waals surface area contributed by atoms with E-state index in [4.69, 9.17) is 47.0 Å². The smallest absolute Gasteiger partial charge is 0.191 e. The van der Waals surface area contributed by atoms with Crippen LogP contribution in [0.25, 0.3) is 0 Å². The molecular formula is C14H10Cl3N3S. The van der Waals surface area contributed by atoms with Crippen molar-refractivity contribution in [3.05, 3.63) is 63.1 Å². The number of hydrazone groups is 1. The molecule has 21 heavy (non-hydrogen) atoms. The van der Waals surface area contributed by atoms with Crippen molar-refractivity contribution in [3.63, 3.8) is 0 Å². The van der Waals surface area contributed by atoms with Gasteiger partial charge in [0.1, 0.15) is 0 Å². The molecule has 0 aliphatic heterocycles. The summed E-state index contributed by atoms with van der Waals surface area (Å²) in [7, 11) is 0. The van der Waals surface area contributed by atoms with Crippen LogP contribution in [0.5, 0.6) is 0 Å². The summed E-state index contributed by atoms with van der Waals surface area (Å²) in [6.45, 7) is 0. The molecule has 3 nitrogen and oxygen atoms in total. The Morgan fingerprint density at radius 3 is 2.38 bits per heavy atom. The Balaban J connectivity index is 2.00. The predicted molar refractivity (Wildman–Crippen MR) is 94.9 cm³/mol. The van der Waals surface area contributed by atoms with Gasteiger partial charge in [-0.1, -0.05) is 53.0 Å². The maximum absolute atomic E-state index is 6.06. The number of rotatable bonds is 3. The van der Waals surface area contributed by atoms with Crippen LogP contribution in [0.3, 0.4) is 0 Å². The van der Waals surface area contributed by atoms with Crippen LogP contribution in [-0.4, -0.2) is 11.3 Å². The minimum Gasteiger partial charge on any atom is -0.331 e. The number of nitrogens with one attached hydrogen (secondary N) is 2. The third kappa shape index (κ3) is 4.58. The van der Waals surface area contributed by atoms with Gasteiger partial charge < -0.3 is 5.32 Å². The largest absolute Gasteiger partial charge is 0.331 e. The number of thiocarbonyl (C=S) groups is 1. The first-order valence-electron chi connectivity index (χ1n) is 5.86.